The molecule has 0 aliphatic carbocycles. The lowest BCUT2D eigenvalue weighted by Crippen LogP contribution is -2.07. The van der Waals surface area contributed by atoms with Crippen LogP contribution in [-0.2, 0) is 0 Å². The molecule has 1 rings (SSSR count). The van der Waals surface area contributed by atoms with E-state index in [9.17, 15) is 4.79 Å². The molecule has 0 spiro atoms. The van der Waals surface area contributed by atoms with Crippen LogP contribution in [0.25, 0.3) is 0 Å². The maximum absolute atomic E-state index is 10.8. The summed E-state index contributed by atoms with van der Waals surface area (Å²) in [6, 6.07) is 1.48. The number of hydrogen-bond donors (Lipinski definition) is 1. The third-order valence-corrected chi connectivity index (χ3v) is 1.67. The molecule has 3 nitrogen and oxygen atoms in total. The van der Waals surface area contributed by atoms with Crippen LogP contribution in [-0.4, -0.2) is 16.2 Å². The lowest BCUT2D eigenvalue weighted by Gasteiger charge is -1.94. The predicted molar refractivity (Wildman–Crippen MR) is 41.4 cm³/mol. The average Bonchev–Trinajstić information content (AvgIpc) is 1.85. The van der Waals surface area contributed by atoms with Crippen molar-refractivity contribution in [2.75, 3.05) is 6.26 Å². The number of aryl methyl sites for hydroxylation is 1. The summed E-state index contributed by atoms with van der Waals surface area (Å²) in [6.45, 7) is 1.76. The molecule has 0 bridgehead atoms. The number of hydrogen-bond acceptors (Lipinski definition) is 3. The Labute approximate surface area is 62.9 Å². The maximum atomic E-state index is 10.8. The number of aromatic nitrogens is 2. The summed E-state index contributed by atoms with van der Waals surface area (Å²) in [5.74, 6) is 0.664. The number of thioether (sulfide) groups is 1. The van der Waals surface area contributed by atoms with Crippen molar-refractivity contribution < 1.29 is 0 Å². The summed E-state index contributed by atoms with van der Waals surface area (Å²) in [7, 11) is 0. The van der Waals surface area contributed by atoms with Crippen LogP contribution in [0.5, 0.6) is 0 Å². The summed E-state index contributed by atoms with van der Waals surface area (Å²) < 4.78 is 0. The Hall–Kier alpha value is -0.770. The summed E-state index contributed by atoms with van der Waals surface area (Å²) in [4.78, 5) is 17.4. The third kappa shape index (κ3) is 1.60. The Morgan fingerprint density at radius 3 is 2.90 bits per heavy atom. The Balaban J connectivity index is 3.19. The molecular formula is C6H8N2OS. The summed E-state index contributed by atoms with van der Waals surface area (Å²) in [5, 5.41) is 0.765. The van der Waals surface area contributed by atoms with E-state index in [-0.39, 0.29) is 5.56 Å². The highest BCUT2D eigenvalue weighted by Crippen LogP contribution is 2.06. The second-order valence-corrected chi connectivity index (χ2v) is 2.70. The van der Waals surface area contributed by atoms with Gasteiger partial charge in [0.15, 0.2) is 0 Å². The molecule has 1 N–H and O–H groups in total. The van der Waals surface area contributed by atoms with E-state index in [2.05, 4.69) is 9.97 Å². The largest absolute Gasteiger partial charge is 0.311 e. The van der Waals surface area contributed by atoms with Gasteiger partial charge in [-0.3, -0.25) is 4.79 Å². The molecule has 54 valence electrons. The molecule has 0 radical (unpaired) electrons. The van der Waals surface area contributed by atoms with Crippen molar-refractivity contribution in [1.82, 2.24) is 9.97 Å². The molecule has 10 heavy (non-hydrogen) atoms. The first-order valence-corrected chi connectivity index (χ1v) is 4.07. The van der Waals surface area contributed by atoms with Gasteiger partial charge in [-0.25, -0.2) is 4.98 Å². The molecule has 0 aliphatic heterocycles. The van der Waals surface area contributed by atoms with E-state index >= 15 is 0 Å². The van der Waals surface area contributed by atoms with E-state index in [1.165, 1.54) is 17.8 Å². The van der Waals surface area contributed by atoms with E-state index in [4.69, 9.17) is 0 Å². The summed E-state index contributed by atoms with van der Waals surface area (Å²) >= 11 is 1.47. The van der Waals surface area contributed by atoms with Crippen molar-refractivity contribution in [1.29, 1.82) is 0 Å². The Morgan fingerprint density at radius 2 is 2.40 bits per heavy atom. The molecule has 1 heterocycles. The lowest BCUT2D eigenvalue weighted by molar-refractivity contribution is 0.942. The van der Waals surface area contributed by atoms with Crippen LogP contribution >= 0.6 is 11.8 Å². The zero-order valence-electron chi connectivity index (χ0n) is 5.84. The smallest absolute Gasteiger partial charge is 0.251 e. The zero-order valence-corrected chi connectivity index (χ0v) is 6.66. The normalized spacial score (nSPS) is 9.80. The van der Waals surface area contributed by atoms with E-state index in [1.54, 1.807) is 6.92 Å². The first-order chi connectivity index (χ1) is 4.72. The first-order valence-electron chi connectivity index (χ1n) is 2.84. The van der Waals surface area contributed by atoms with Gasteiger partial charge in [0.2, 0.25) is 0 Å². The first kappa shape index (κ1) is 7.34. The Kier molecular flexibility index (Phi) is 2.11. The zero-order chi connectivity index (χ0) is 7.56. The highest BCUT2D eigenvalue weighted by Gasteiger charge is 1.93. The quantitative estimate of drug-likeness (QED) is 0.483. The molecule has 0 atom stereocenters. The maximum Gasteiger partial charge on any atom is 0.251 e. The lowest BCUT2D eigenvalue weighted by atomic mass is 10.6. The molecule has 1 aromatic rings. The number of nitrogens with one attached hydrogen (secondary N) is 1. The van der Waals surface area contributed by atoms with Crippen molar-refractivity contribution in [2.24, 2.45) is 0 Å². The van der Waals surface area contributed by atoms with Gasteiger partial charge in [0.25, 0.3) is 5.56 Å². The highest BCUT2D eigenvalue weighted by atomic mass is 32.2. The number of aromatic amines is 1. The Morgan fingerprint density at radius 1 is 1.70 bits per heavy atom. The molecule has 0 amide bonds. The molecule has 0 unspecified atom stereocenters. The molecule has 0 saturated heterocycles. The van der Waals surface area contributed by atoms with Crippen LogP contribution in [0, 0.1) is 6.92 Å². The fourth-order valence-corrected chi connectivity index (χ4v) is 1.11. The molecule has 0 fully saturated rings. The van der Waals surface area contributed by atoms with Gasteiger partial charge < -0.3 is 4.98 Å². The van der Waals surface area contributed by atoms with Gasteiger partial charge in [0.1, 0.15) is 10.9 Å². The fourth-order valence-electron chi connectivity index (χ4n) is 0.657. The number of nitrogens with zero attached hydrogens (tertiary/aromatic N) is 1. The molecule has 0 aliphatic rings. The van der Waals surface area contributed by atoms with E-state index in [1.807, 2.05) is 6.26 Å². The van der Waals surface area contributed by atoms with Crippen LogP contribution in [0.4, 0.5) is 0 Å². The van der Waals surface area contributed by atoms with Crippen molar-refractivity contribution in [2.45, 2.75) is 11.9 Å². The Bertz CT molecular complexity index is 281. The van der Waals surface area contributed by atoms with Crippen molar-refractivity contribution in [3.8, 4) is 0 Å². The van der Waals surface area contributed by atoms with Crippen LogP contribution in [0.2, 0.25) is 0 Å². The monoisotopic (exact) mass is 156 g/mol. The molecular weight excluding hydrogens is 148 g/mol. The van der Waals surface area contributed by atoms with Gasteiger partial charge in [0.05, 0.1) is 0 Å². The molecule has 4 heteroatoms. The van der Waals surface area contributed by atoms with Gasteiger partial charge >= 0.3 is 0 Å². The fraction of sp³-hybridized carbons (Fsp3) is 0.333. The predicted octanol–water partition coefficient (Wildman–Crippen LogP) is 0.800. The minimum absolute atomic E-state index is 0.0862. The number of rotatable bonds is 1. The van der Waals surface area contributed by atoms with Crippen molar-refractivity contribution in [3.63, 3.8) is 0 Å². The molecule has 0 saturated carbocycles. The second-order valence-electron chi connectivity index (χ2n) is 1.87. The van der Waals surface area contributed by atoms with Crippen molar-refractivity contribution in [3.05, 3.63) is 22.2 Å². The van der Waals surface area contributed by atoms with Gasteiger partial charge in [0, 0.05) is 6.07 Å². The van der Waals surface area contributed by atoms with Crippen LogP contribution in [0.15, 0.2) is 15.9 Å². The van der Waals surface area contributed by atoms with E-state index in [0.29, 0.717) is 5.82 Å². The van der Waals surface area contributed by atoms with Gasteiger partial charge in [-0.1, -0.05) is 0 Å². The van der Waals surface area contributed by atoms with Crippen LogP contribution in [0.1, 0.15) is 5.82 Å². The number of H-pyrrole nitrogens is 1. The second kappa shape index (κ2) is 2.88. The van der Waals surface area contributed by atoms with E-state index in [0.717, 1.165) is 5.03 Å². The van der Waals surface area contributed by atoms with Gasteiger partial charge in [-0.15, -0.1) is 11.8 Å². The van der Waals surface area contributed by atoms with Crippen LogP contribution < -0.4 is 5.56 Å². The highest BCUT2D eigenvalue weighted by molar-refractivity contribution is 7.98. The topological polar surface area (TPSA) is 45.8 Å². The van der Waals surface area contributed by atoms with Gasteiger partial charge in [-0.2, -0.15) is 0 Å². The minimum Gasteiger partial charge on any atom is -0.311 e. The van der Waals surface area contributed by atoms with E-state index < -0.39 is 0 Å². The summed E-state index contributed by atoms with van der Waals surface area (Å²) in [6.07, 6.45) is 1.89. The third-order valence-electron chi connectivity index (χ3n) is 1.05. The van der Waals surface area contributed by atoms with Crippen LogP contribution in [0.3, 0.4) is 0 Å². The molecule has 1 aromatic heterocycles. The SMILES string of the molecule is CSc1cc(=O)[nH]c(C)n1. The average molecular weight is 156 g/mol. The molecule has 0 aromatic carbocycles. The van der Waals surface area contributed by atoms with Gasteiger partial charge in [-0.05, 0) is 13.2 Å². The standard InChI is InChI=1S/C6H8N2OS/c1-4-7-5(9)3-6(8-4)10-2/h3H,1-2H3,(H,7,8,9). The van der Waals surface area contributed by atoms with Crippen molar-refractivity contribution >= 4 is 11.8 Å². The minimum atomic E-state index is -0.0862. The summed E-state index contributed by atoms with van der Waals surface area (Å²) in [5.41, 5.74) is -0.0862.